The highest BCUT2D eigenvalue weighted by Gasteiger charge is 2.01. The first kappa shape index (κ1) is 14.1. The van der Waals surface area contributed by atoms with Crippen molar-refractivity contribution in [1.82, 2.24) is 5.32 Å². The molecule has 1 amide bonds. The lowest BCUT2D eigenvalue weighted by Crippen LogP contribution is -2.25. The van der Waals surface area contributed by atoms with Crippen LogP contribution in [-0.2, 0) is 11.2 Å². The van der Waals surface area contributed by atoms with E-state index in [-0.39, 0.29) is 5.91 Å². The maximum atomic E-state index is 11.5. The van der Waals surface area contributed by atoms with E-state index < -0.39 is 0 Å². The molecule has 0 aromatic heterocycles. The quantitative estimate of drug-likeness (QED) is 0.341. The number of nitrogens with one attached hydrogen (secondary N) is 1. The molecule has 0 spiro atoms. The Morgan fingerprint density at radius 1 is 1.39 bits per heavy atom. The van der Waals surface area contributed by atoms with E-state index in [2.05, 4.69) is 15.3 Å². The van der Waals surface area contributed by atoms with Crippen molar-refractivity contribution in [3.63, 3.8) is 0 Å². The van der Waals surface area contributed by atoms with Crippen LogP contribution in [0.4, 0.5) is 0 Å². The summed E-state index contributed by atoms with van der Waals surface area (Å²) in [4.78, 5) is 14.1. The van der Waals surface area contributed by atoms with Crippen molar-refractivity contribution in [2.75, 3.05) is 13.1 Å². The van der Waals surface area contributed by atoms with E-state index in [4.69, 9.17) is 5.53 Å². The topological polar surface area (TPSA) is 77.9 Å². The Morgan fingerprint density at radius 3 is 2.78 bits per heavy atom. The minimum atomic E-state index is 0.0384. The van der Waals surface area contributed by atoms with Gasteiger partial charge in [-0.15, -0.1) is 0 Å². The van der Waals surface area contributed by atoms with E-state index in [1.807, 2.05) is 31.2 Å². The molecule has 0 saturated carbocycles. The molecule has 0 heterocycles. The number of carbonyl (C=O) groups excluding carboxylic acids is 1. The van der Waals surface area contributed by atoms with Gasteiger partial charge in [0.15, 0.2) is 0 Å². The second kappa shape index (κ2) is 8.14. The summed E-state index contributed by atoms with van der Waals surface area (Å²) in [7, 11) is 0. The number of nitrogens with zero attached hydrogens (tertiary/aromatic N) is 3. The lowest BCUT2D eigenvalue weighted by Gasteiger charge is -2.04. The van der Waals surface area contributed by atoms with Gasteiger partial charge in [0.2, 0.25) is 5.91 Å². The summed E-state index contributed by atoms with van der Waals surface area (Å²) in [6, 6.07) is 8.19. The molecule has 0 aliphatic rings. The standard InChI is InChI=1S/C13H18N4O/c1-11-3-5-12(6-4-11)7-8-13(18)15-9-2-10-16-17-14/h3-6H,2,7-10H2,1H3,(H,15,18). The molecule has 5 nitrogen and oxygen atoms in total. The minimum absolute atomic E-state index is 0.0384. The van der Waals surface area contributed by atoms with Crippen LogP contribution in [0.1, 0.15) is 24.0 Å². The van der Waals surface area contributed by atoms with Crippen LogP contribution >= 0.6 is 0 Å². The van der Waals surface area contributed by atoms with E-state index in [0.717, 1.165) is 6.42 Å². The van der Waals surface area contributed by atoms with Gasteiger partial charge in [0.25, 0.3) is 0 Å². The van der Waals surface area contributed by atoms with Gasteiger partial charge in [-0.3, -0.25) is 4.79 Å². The van der Waals surface area contributed by atoms with Crippen molar-refractivity contribution in [1.29, 1.82) is 0 Å². The number of benzene rings is 1. The molecule has 1 rings (SSSR count). The van der Waals surface area contributed by atoms with Crippen LogP contribution in [0.25, 0.3) is 10.4 Å². The molecular weight excluding hydrogens is 228 g/mol. The number of hydrogen-bond donors (Lipinski definition) is 1. The molecule has 18 heavy (non-hydrogen) atoms. The molecule has 0 aliphatic carbocycles. The average molecular weight is 246 g/mol. The zero-order valence-corrected chi connectivity index (χ0v) is 10.6. The van der Waals surface area contributed by atoms with Crippen molar-refractivity contribution >= 4 is 5.91 Å². The van der Waals surface area contributed by atoms with E-state index >= 15 is 0 Å². The van der Waals surface area contributed by atoms with Crippen LogP contribution in [0.3, 0.4) is 0 Å². The van der Waals surface area contributed by atoms with Gasteiger partial charge in [-0.1, -0.05) is 34.9 Å². The molecule has 1 N–H and O–H groups in total. The van der Waals surface area contributed by atoms with Gasteiger partial charge >= 0.3 is 0 Å². The van der Waals surface area contributed by atoms with Crippen molar-refractivity contribution in [3.05, 3.63) is 45.8 Å². The molecule has 1 aromatic rings. The number of amides is 1. The molecule has 0 bridgehead atoms. The maximum Gasteiger partial charge on any atom is 0.220 e. The summed E-state index contributed by atoms with van der Waals surface area (Å²) in [5.74, 6) is 0.0384. The number of rotatable bonds is 7. The number of hydrogen-bond acceptors (Lipinski definition) is 2. The third-order valence-corrected chi connectivity index (χ3v) is 2.58. The van der Waals surface area contributed by atoms with Crippen molar-refractivity contribution < 1.29 is 4.79 Å². The van der Waals surface area contributed by atoms with E-state index in [1.54, 1.807) is 0 Å². The SMILES string of the molecule is Cc1ccc(CCC(=O)NCCCN=[N+]=[N-])cc1. The molecular formula is C13H18N4O. The van der Waals surface area contributed by atoms with Crippen molar-refractivity contribution in [2.45, 2.75) is 26.2 Å². The molecule has 1 aromatic carbocycles. The normalized spacial score (nSPS) is 9.61. The lowest BCUT2D eigenvalue weighted by atomic mass is 10.1. The van der Waals surface area contributed by atoms with Gasteiger partial charge in [0.1, 0.15) is 0 Å². The van der Waals surface area contributed by atoms with Crippen LogP contribution in [0.5, 0.6) is 0 Å². The zero-order valence-electron chi connectivity index (χ0n) is 10.6. The third-order valence-electron chi connectivity index (χ3n) is 2.58. The minimum Gasteiger partial charge on any atom is -0.356 e. The van der Waals surface area contributed by atoms with E-state index in [0.29, 0.717) is 25.9 Å². The third kappa shape index (κ3) is 5.92. The Hall–Kier alpha value is -2.00. The second-order valence-corrected chi connectivity index (χ2v) is 4.14. The molecule has 0 fully saturated rings. The largest absolute Gasteiger partial charge is 0.356 e. The first-order valence-corrected chi connectivity index (χ1v) is 6.05. The number of azide groups is 1. The Bertz CT molecular complexity index is 421. The van der Waals surface area contributed by atoms with E-state index in [9.17, 15) is 4.79 Å². The molecule has 0 radical (unpaired) electrons. The first-order valence-electron chi connectivity index (χ1n) is 6.05. The molecule has 96 valence electrons. The highest BCUT2D eigenvalue weighted by Crippen LogP contribution is 2.05. The molecule has 0 saturated heterocycles. The smallest absolute Gasteiger partial charge is 0.220 e. The van der Waals surface area contributed by atoms with Crippen LogP contribution in [0, 0.1) is 6.92 Å². The monoisotopic (exact) mass is 246 g/mol. The number of carbonyl (C=O) groups is 1. The predicted molar refractivity (Wildman–Crippen MR) is 71.1 cm³/mol. The van der Waals surface area contributed by atoms with Crippen LogP contribution in [0.2, 0.25) is 0 Å². The molecule has 0 atom stereocenters. The van der Waals surface area contributed by atoms with Crippen LogP contribution in [-0.4, -0.2) is 19.0 Å². The fourth-order valence-corrected chi connectivity index (χ4v) is 1.52. The van der Waals surface area contributed by atoms with Crippen LogP contribution < -0.4 is 5.32 Å². The summed E-state index contributed by atoms with van der Waals surface area (Å²) >= 11 is 0. The van der Waals surface area contributed by atoms with Gasteiger partial charge < -0.3 is 5.32 Å². The van der Waals surface area contributed by atoms with Gasteiger partial charge in [-0.25, -0.2) is 0 Å². The van der Waals surface area contributed by atoms with Crippen molar-refractivity contribution in [3.8, 4) is 0 Å². The Kier molecular flexibility index (Phi) is 6.36. The summed E-state index contributed by atoms with van der Waals surface area (Å²) in [6.45, 7) is 3.03. The summed E-state index contributed by atoms with van der Waals surface area (Å²) in [5, 5.41) is 6.20. The average Bonchev–Trinajstić information content (AvgIpc) is 2.38. The molecule has 0 aliphatic heterocycles. The van der Waals surface area contributed by atoms with Gasteiger partial charge in [0, 0.05) is 24.4 Å². The molecule has 0 unspecified atom stereocenters. The molecule has 5 heteroatoms. The Balaban J connectivity index is 2.16. The van der Waals surface area contributed by atoms with E-state index in [1.165, 1.54) is 11.1 Å². The summed E-state index contributed by atoms with van der Waals surface area (Å²) in [5.41, 5.74) is 10.5. The summed E-state index contributed by atoms with van der Waals surface area (Å²) < 4.78 is 0. The van der Waals surface area contributed by atoms with Gasteiger partial charge in [0.05, 0.1) is 0 Å². The number of aryl methyl sites for hydroxylation is 2. The predicted octanol–water partition coefficient (Wildman–Crippen LogP) is 2.74. The Labute approximate surface area is 107 Å². The zero-order chi connectivity index (χ0) is 13.2. The Morgan fingerprint density at radius 2 is 2.11 bits per heavy atom. The van der Waals surface area contributed by atoms with Crippen molar-refractivity contribution in [2.24, 2.45) is 5.11 Å². The first-order chi connectivity index (χ1) is 8.72. The van der Waals surface area contributed by atoms with Gasteiger partial charge in [-0.05, 0) is 30.9 Å². The maximum absolute atomic E-state index is 11.5. The van der Waals surface area contributed by atoms with Crippen LogP contribution in [0.15, 0.2) is 29.4 Å². The summed E-state index contributed by atoms with van der Waals surface area (Å²) in [6.07, 6.45) is 1.92. The van der Waals surface area contributed by atoms with Gasteiger partial charge in [-0.2, -0.15) is 0 Å². The second-order valence-electron chi connectivity index (χ2n) is 4.14. The lowest BCUT2D eigenvalue weighted by molar-refractivity contribution is -0.121. The highest BCUT2D eigenvalue weighted by molar-refractivity contribution is 5.76. The highest BCUT2D eigenvalue weighted by atomic mass is 16.1. The fourth-order valence-electron chi connectivity index (χ4n) is 1.52. The fraction of sp³-hybridized carbons (Fsp3) is 0.462.